The number of carbonyl (C=O) groups is 1. The fourth-order valence-corrected chi connectivity index (χ4v) is 2.92. The lowest BCUT2D eigenvalue weighted by Gasteiger charge is -2.33. The van der Waals surface area contributed by atoms with Crippen molar-refractivity contribution in [2.24, 2.45) is 5.92 Å². The van der Waals surface area contributed by atoms with Gasteiger partial charge in [0, 0.05) is 18.1 Å². The van der Waals surface area contributed by atoms with Crippen LogP contribution in [0.4, 0.5) is 8.78 Å². The molecule has 0 aliphatic carbocycles. The second-order valence-electron chi connectivity index (χ2n) is 5.34. The number of piperidine rings is 1. The van der Waals surface area contributed by atoms with Gasteiger partial charge in [-0.3, -0.25) is 4.79 Å². The van der Waals surface area contributed by atoms with Gasteiger partial charge in [0.05, 0.1) is 5.56 Å². The van der Waals surface area contributed by atoms with E-state index in [1.807, 2.05) is 7.05 Å². The van der Waals surface area contributed by atoms with Gasteiger partial charge >= 0.3 is 6.61 Å². The zero-order chi connectivity index (χ0) is 16.1. The minimum Gasteiger partial charge on any atom is -0.434 e. The zero-order valence-electron chi connectivity index (χ0n) is 12.3. The Bertz CT molecular complexity index is 526. The van der Waals surface area contributed by atoms with Crippen molar-refractivity contribution in [3.05, 3.63) is 28.8 Å². The van der Waals surface area contributed by atoms with E-state index >= 15 is 0 Å². The average Bonchev–Trinajstić information content (AvgIpc) is 2.48. The molecule has 1 N–H and O–H groups in total. The van der Waals surface area contributed by atoms with Crippen LogP contribution in [0.3, 0.4) is 0 Å². The molecule has 22 heavy (non-hydrogen) atoms. The van der Waals surface area contributed by atoms with Crippen molar-refractivity contribution < 1.29 is 18.3 Å². The van der Waals surface area contributed by atoms with Crippen LogP contribution in [0.2, 0.25) is 5.02 Å². The largest absolute Gasteiger partial charge is 0.434 e. The standard InChI is InChI=1S/C15H19ClF2N2O2/c1-19-8-10-3-2-6-20(9-10)14(21)12-7-11(16)4-5-13(12)22-15(17)18/h4-5,7,10,15,19H,2-3,6,8-9H2,1H3. The Balaban J connectivity index is 2.19. The van der Waals surface area contributed by atoms with E-state index in [2.05, 4.69) is 10.1 Å². The van der Waals surface area contributed by atoms with E-state index in [0.29, 0.717) is 24.0 Å². The highest BCUT2D eigenvalue weighted by molar-refractivity contribution is 6.31. The zero-order valence-corrected chi connectivity index (χ0v) is 13.1. The molecule has 1 aliphatic rings. The first kappa shape index (κ1) is 17.0. The van der Waals surface area contributed by atoms with Gasteiger partial charge < -0.3 is 15.0 Å². The van der Waals surface area contributed by atoms with Gasteiger partial charge in [-0.25, -0.2) is 0 Å². The maximum atomic E-state index is 12.6. The van der Waals surface area contributed by atoms with Crippen molar-refractivity contribution in [3.63, 3.8) is 0 Å². The lowest BCUT2D eigenvalue weighted by atomic mass is 9.97. The van der Waals surface area contributed by atoms with Crippen LogP contribution in [0.25, 0.3) is 0 Å². The predicted octanol–water partition coefficient (Wildman–Crippen LogP) is 3.01. The van der Waals surface area contributed by atoms with Gasteiger partial charge in [0.15, 0.2) is 0 Å². The van der Waals surface area contributed by atoms with Crippen molar-refractivity contribution in [2.45, 2.75) is 19.5 Å². The smallest absolute Gasteiger partial charge is 0.387 e. The summed E-state index contributed by atoms with van der Waals surface area (Å²) < 4.78 is 29.4. The summed E-state index contributed by atoms with van der Waals surface area (Å²) in [5, 5.41) is 3.41. The number of rotatable bonds is 5. The fraction of sp³-hybridized carbons (Fsp3) is 0.533. The average molecular weight is 333 g/mol. The Morgan fingerprint density at radius 2 is 2.32 bits per heavy atom. The lowest BCUT2D eigenvalue weighted by Crippen LogP contribution is -2.42. The second-order valence-corrected chi connectivity index (χ2v) is 5.77. The summed E-state index contributed by atoms with van der Waals surface area (Å²) in [5.74, 6) is -0.0968. The maximum Gasteiger partial charge on any atom is 0.387 e. The number of benzene rings is 1. The molecule has 0 radical (unpaired) electrons. The van der Waals surface area contributed by atoms with Gasteiger partial charge in [-0.1, -0.05) is 11.6 Å². The van der Waals surface area contributed by atoms with E-state index in [1.165, 1.54) is 18.2 Å². The summed E-state index contributed by atoms with van der Waals surface area (Å²) in [4.78, 5) is 14.3. The van der Waals surface area contributed by atoms with Gasteiger partial charge in [-0.05, 0) is 50.6 Å². The first-order valence-corrected chi connectivity index (χ1v) is 7.57. The molecule has 0 bridgehead atoms. The van der Waals surface area contributed by atoms with Crippen LogP contribution in [-0.2, 0) is 0 Å². The maximum absolute atomic E-state index is 12.6. The molecule has 2 rings (SSSR count). The van der Waals surface area contributed by atoms with E-state index in [4.69, 9.17) is 11.6 Å². The Morgan fingerprint density at radius 1 is 1.55 bits per heavy atom. The van der Waals surface area contributed by atoms with E-state index in [9.17, 15) is 13.6 Å². The first-order valence-electron chi connectivity index (χ1n) is 7.19. The highest BCUT2D eigenvalue weighted by Gasteiger charge is 2.26. The molecular formula is C15H19ClF2N2O2. The number of nitrogens with one attached hydrogen (secondary N) is 1. The quantitative estimate of drug-likeness (QED) is 0.901. The molecule has 1 aromatic rings. The van der Waals surface area contributed by atoms with Crippen LogP contribution in [0, 0.1) is 5.92 Å². The van der Waals surface area contributed by atoms with Gasteiger partial charge in [-0.15, -0.1) is 0 Å². The molecule has 0 saturated carbocycles. The van der Waals surface area contributed by atoms with Crippen LogP contribution < -0.4 is 10.1 Å². The SMILES string of the molecule is CNCC1CCCN(C(=O)c2cc(Cl)ccc2OC(F)F)C1. The Morgan fingerprint density at radius 3 is 3.00 bits per heavy atom. The molecule has 0 aromatic heterocycles. The molecule has 1 aliphatic heterocycles. The van der Waals surface area contributed by atoms with Crippen molar-refractivity contribution in [1.82, 2.24) is 10.2 Å². The lowest BCUT2D eigenvalue weighted by molar-refractivity contribution is -0.0503. The Kier molecular flexibility index (Phi) is 5.97. The number of alkyl halides is 2. The minimum atomic E-state index is -2.98. The van der Waals surface area contributed by atoms with Crippen molar-refractivity contribution in [1.29, 1.82) is 0 Å². The second kappa shape index (κ2) is 7.74. The molecule has 1 heterocycles. The molecule has 4 nitrogen and oxygen atoms in total. The molecular weight excluding hydrogens is 314 g/mol. The summed E-state index contributed by atoms with van der Waals surface area (Å²) in [7, 11) is 1.87. The summed E-state index contributed by atoms with van der Waals surface area (Å²) in [6, 6.07) is 4.11. The first-order chi connectivity index (χ1) is 10.5. The number of nitrogens with zero attached hydrogens (tertiary/aromatic N) is 1. The van der Waals surface area contributed by atoms with Crippen molar-refractivity contribution >= 4 is 17.5 Å². The summed E-state index contributed by atoms with van der Waals surface area (Å²) in [5.41, 5.74) is 0.0814. The number of amides is 1. The van der Waals surface area contributed by atoms with Crippen LogP contribution in [0.5, 0.6) is 5.75 Å². The van der Waals surface area contributed by atoms with Crippen LogP contribution >= 0.6 is 11.6 Å². The fourth-order valence-electron chi connectivity index (χ4n) is 2.74. The third-order valence-corrected chi connectivity index (χ3v) is 3.92. The Hall–Kier alpha value is -1.40. The van der Waals surface area contributed by atoms with Crippen LogP contribution in [0.15, 0.2) is 18.2 Å². The molecule has 1 amide bonds. The molecule has 0 spiro atoms. The van der Waals surface area contributed by atoms with Crippen LogP contribution in [0.1, 0.15) is 23.2 Å². The summed E-state index contributed by atoms with van der Waals surface area (Å²) in [6.45, 7) is -0.953. The van der Waals surface area contributed by atoms with Gasteiger partial charge in [-0.2, -0.15) is 8.78 Å². The van der Waals surface area contributed by atoms with Crippen molar-refractivity contribution in [2.75, 3.05) is 26.7 Å². The number of ether oxygens (including phenoxy) is 1. The monoisotopic (exact) mass is 332 g/mol. The Labute approximate surface area is 133 Å². The van der Waals surface area contributed by atoms with Crippen LogP contribution in [-0.4, -0.2) is 44.1 Å². The number of halogens is 3. The van der Waals surface area contributed by atoms with E-state index in [1.54, 1.807) is 4.90 Å². The minimum absolute atomic E-state index is 0.0814. The summed E-state index contributed by atoms with van der Waals surface area (Å²) >= 11 is 5.89. The topological polar surface area (TPSA) is 41.6 Å². The molecule has 1 aromatic carbocycles. The number of carbonyl (C=O) groups excluding carboxylic acids is 1. The van der Waals surface area contributed by atoms with Crippen molar-refractivity contribution in [3.8, 4) is 5.75 Å². The number of hydrogen-bond donors (Lipinski definition) is 1. The number of likely N-dealkylation sites (tertiary alicyclic amines) is 1. The normalized spacial score (nSPS) is 18.6. The van der Waals surface area contributed by atoms with Gasteiger partial charge in [0.1, 0.15) is 5.75 Å². The highest BCUT2D eigenvalue weighted by atomic mass is 35.5. The molecule has 1 unspecified atom stereocenters. The molecule has 1 fully saturated rings. The van der Waals surface area contributed by atoms with Gasteiger partial charge in [0.2, 0.25) is 0 Å². The van der Waals surface area contributed by atoms with E-state index < -0.39 is 6.61 Å². The molecule has 7 heteroatoms. The summed E-state index contributed by atoms with van der Waals surface area (Å²) in [6.07, 6.45) is 1.93. The highest BCUT2D eigenvalue weighted by Crippen LogP contribution is 2.27. The van der Waals surface area contributed by atoms with E-state index in [-0.39, 0.29) is 17.2 Å². The third kappa shape index (κ3) is 4.30. The molecule has 122 valence electrons. The molecule has 1 saturated heterocycles. The number of hydrogen-bond acceptors (Lipinski definition) is 3. The van der Waals surface area contributed by atoms with E-state index in [0.717, 1.165) is 19.4 Å². The molecule has 1 atom stereocenters. The predicted molar refractivity (Wildman–Crippen MR) is 80.6 cm³/mol. The third-order valence-electron chi connectivity index (χ3n) is 3.69. The van der Waals surface area contributed by atoms with Gasteiger partial charge in [0.25, 0.3) is 5.91 Å².